The molecule has 1 fully saturated rings. The van der Waals surface area contributed by atoms with E-state index in [2.05, 4.69) is 5.32 Å². The van der Waals surface area contributed by atoms with Crippen molar-refractivity contribution in [1.82, 2.24) is 5.32 Å². The number of amides is 1. The molecule has 1 heterocycles. The summed E-state index contributed by atoms with van der Waals surface area (Å²) in [4.78, 5) is 12.3. The molecular weight excluding hydrogens is 266 g/mol. The first-order valence-electron chi connectivity index (χ1n) is 7.01. The number of piperidine rings is 1. The maximum absolute atomic E-state index is 12.3. The van der Waals surface area contributed by atoms with Gasteiger partial charge in [-0.05, 0) is 29.7 Å². The Balaban J connectivity index is 2.02. The Labute approximate surface area is 123 Å². The zero-order valence-corrected chi connectivity index (χ0v) is 11.5. The second kappa shape index (κ2) is 5.48. The molecule has 0 saturated carbocycles. The van der Waals surface area contributed by atoms with Gasteiger partial charge in [0.25, 0.3) is 0 Å². The number of nitrogens with one attached hydrogen (secondary N) is 1. The third-order valence-electron chi connectivity index (χ3n) is 4.03. The lowest BCUT2D eigenvalue weighted by atomic mass is 9.77. The van der Waals surface area contributed by atoms with Crippen LogP contribution in [0.4, 0.5) is 0 Å². The molecule has 1 amide bonds. The SMILES string of the molecule is O=C1NCC[C@@H](c2ccccc2)[C@@H]1c1ccc(O)c(O)c1. The Morgan fingerprint density at radius 3 is 2.43 bits per heavy atom. The molecule has 1 aliphatic rings. The second-order valence-electron chi connectivity index (χ2n) is 5.32. The minimum atomic E-state index is -0.354. The van der Waals surface area contributed by atoms with Crippen LogP contribution in [0.25, 0.3) is 0 Å². The van der Waals surface area contributed by atoms with E-state index < -0.39 is 0 Å². The normalized spacial score (nSPS) is 21.8. The first kappa shape index (κ1) is 13.5. The van der Waals surface area contributed by atoms with E-state index in [0.717, 1.165) is 17.5 Å². The van der Waals surface area contributed by atoms with Gasteiger partial charge in [0.15, 0.2) is 11.5 Å². The van der Waals surface area contributed by atoms with Gasteiger partial charge in [0.05, 0.1) is 5.92 Å². The lowest BCUT2D eigenvalue weighted by molar-refractivity contribution is -0.124. The summed E-state index contributed by atoms with van der Waals surface area (Å²) in [5.41, 5.74) is 1.83. The average Bonchev–Trinajstić information content (AvgIpc) is 2.51. The number of benzene rings is 2. The summed E-state index contributed by atoms with van der Waals surface area (Å²) in [7, 11) is 0. The fraction of sp³-hybridized carbons (Fsp3) is 0.235. The van der Waals surface area contributed by atoms with Gasteiger partial charge in [-0.15, -0.1) is 0 Å². The number of carbonyl (C=O) groups excluding carboxylic acids is 1. The smallest absolute Gasteiger partial charge is 0.228 e. The van der Waals surface area contributed by atoms with Gasteiger partial charge < -0.3 is 15.5 Å². The number of carbonyl (C=O) groups is 1. The lowest BCUT2D eigenvalue weighted by Crippen LogP contribution is -2.39. The Hall–Kier alpha value is -2.49. The van der Waals surface area contributed by atoms with Crippen LogP contribution >= 0.6 is 0 Å². The molecule has 4 nitrogen and oxygen atoms in total. The monoisotopic (exact) mass is 283 g/mol. The van der Waals surface area contributed by atoms with E-state index in [1.165, 1.54) is 12.1 Å². The van der Waals surface area contributed by atoms with E-state index >= 15 is 0 Å². The Bertz CT molecular complexity index is 654. The van der Waals surface area contributed by atoms with Crippen molar-refractivity contribution in [2.75, 3.05) is 6.54 Å². The quantitative estimate of drug-likeness (QED) is 0.742. The second-order valence-corrected chi connectivity index (χ2v) is 5.32. The molecule has 0 spiro atoms. The van der Waals surface area contributed by atoms with Crippen molar-refractivity contribution in [2.45, 2.75) is 18.3 Å². The van der Waals surface area contributed by atoms with Crippen LogP contribution < -0.4 is 5.32 Å². The maximum Gasteiger partial charge on any atom is 0.228 e. The van der Waals surface area contributed by atoms with Crippen LogP contribution in [0.15, 0.2) is 48.5 Å². The van der Waals surface area contributed by atoms with Crippen molar-refractivity contribution in [2.24, 2.45) is 0 Å². The molecule has 1 aliphatic heterocycles. The topological polar surface area (TPSA) is 69.6 Å². The summed E-state index contributed by atoms with van der Waals surface area (Å²) in [5, 5.41) is 22.0. The standard InChI is InChI=1S/C17H17NO3/c19-14-7-6-12(10-15(14)20)16-13(8-9-18-17(16)21)11-4-2-1-3-5-11/h1-7,10,13,16,19-20H,8-9H2,(H,18,21)/t13-,16-/m0/s1. The molecule has 108 valence electrons. The molecule has 0 aliphatic carbocycles. The van der Waals surface area contributed by atoms with Crippen LogP contribution in [0.5, 0.6) is 11.5 Å². The number of rotatable bonds is 2. The largest absolute Gasteiger partial charge is 0.504 e. The highest BCUT2D eigenvalue weighted by Gasteiger charge is 2.34. The summed E-state index contributed by atoms with van der Waals surface area (Å²) in [6.45, 7) is 0.652. The van der Waals surface area contributed by atoms with Crippen LogP contribution in [0.3, 0.4) is 0 Å². The van der Waals surface area contributed by atoms with Crippen LogP contribution in [-0.2, 0) is 4.79 Å². The van der Waals surface area contributed by atoms with Crippen molar-refractivity contribution >= 4 is 5.91 Å². The molecule has 4 heteroatoms. The van der Waals surface area contributed by atoms with Crippen molar-refractivity contribution < 1.29 is 15.0 Å². The van der Waals surface area contributed by atoms with E-state index in [-0.39, 0.29) is 29.2 Å². The minimum absolute atomic E-state index is 0.0415. The third kappa shape index (κ3) is 2.57. The predicted octanol–water partition coefficient (Wildman–Crippen LogP) is 2.49. The Morgan fingerprint density at radius 2 is 1.71 bits per heavy atom. The summed E-state index contributed by atoms with van der Waals surface area (Å²) in [6, 6.07) is 14.5. The molecule has 2 aromatic carbocycles. The van der Waals surface area contributed by atoms with Crippen molar-refractivity contribution in [3.05, 3.63) is 59.7 Å². The zero-order valence-electron chi connectivity index (χ0n) is 11.5. The first-order valence-corrected chi connectivity index (χ1v) is 7.01. The summed E-state index contributed by atoms with van der Waals surface area (Å²) in [6.07, 6.45) is 0.849. The van der Waals surface area contributed by atoms with E-state index in [0.29, 0.717) is 6.54 Å². The summed E-state index contributed by atoms with van der Waals surface area (Å²) in [5.74, 6) is -0.694. The molecule has 3 N–H and O–H groups in total. The number of aromatic hydroxyl groups is 2. The van der Waals surface area contributed by atoms with E-state index in [9.17, 15) is 15.0 Å². The van der Waals surface area contributed by atoms with Gasteiger partial charge in [-0.3, -0.25) is 4.79 Å². The van der Waals surface area contributed by atoms with Gasteiger partial charge in [0.1, 0.15) is 0 Å². The highest BCUT2D eigenvalue weighted by Crippen LogP contribution is 2.40. The van der Waals surface area contributed by atoms with Gasteiger partial charge in [-0.2, -0.15) is 0 Å². The van der Waals surface area contributed by atoms with Crippen LogP contribution in [0.1, 0.15) is 29.4 Å². The lowest BCUT2D eigenvalue weighted by Gasteiger charge is -2.32. The maximum atomic E-state index is 12.3. The molecule has 3 rings (SSSR count). The van der Waals surface area contributed by atoms with E-state index in [1.807, 2.05) is 30.3 Å². The van der Waals surface area contributed by atoms with Crippen molar-refractivity contribution in [1.29, 1.82) is 0 Å². The van der Waals surface area contributed by atoms with Gasteiger partial charge >= 0.3 is 0 Å². The first-order chi connectivity index (χ1) is 10.2. The van der Waals surface area contributed by atoms with E-state index in [4.69, 9.17) is 0 Å². The molecule has 0 radical (unpaired) electrons. The molecule has 2 aromatic rings. The number of phenolic OH excluding ortho intramolecular Hbond substituents is 2. The summed E-state index contributed by atoms with van der Waals surface area (Å²) < 4.78 is 0. The molecule has 2 atom stereocenters. The molecule has 0 bridgehead atoms. The van der Waals surface area contributed by atoms with Crippen LogP contribution in [0, 0.1) is 0 Å². The van der Waals surface area contributed by atoms with Crippen LogP contribution in [-0.4, -0.2) is 22.7 Å². The third-order valence-corrected chi connectivity index (χ3v) is 4.03. The van der Waals surface area contributed by atoms with Crippen LogP contribution in [0.2, 0.25) is 0 Å². The number of hydrogen-bond donors (Lipinski definition) is 3. The van der Waals surface area contributed by atoms with Crippen molar-refractivity contribution in [3.63, 3.8) is 0 Å². The van der Waals surface area contributed by atoms with Gasteiger partial charge in [-0.1, -0.05) is 36.4 Å². The van der Waals surface area contributed by atoms with E-state index in [1.54, 1.807) is 6.07 Å². The van der Waals surface area contributed by atoms with Crippen molar-refractivity contribution in [3.8, 4) is 11.5 Å². The minimum Gasteiger partial charge on any atom is -0.504 e. The summed E-state index contributed by atoms with van der Waals surface area (Å²) >= 11 is 0. The Morgan fingerprint density at radius 1 is 0.952 bits per heavy atom. The molecule has 1 saturated heterocycles. The zero-order chi connectivity index (χ0) is 14.8. The fourth-order valence-electron chi connectivity index (χ4n) is 2.99. The fourth-order valence-corrected chi connectivity index (χ4v) is 2.99. The Kier molecular flexibility index (Phi) is 3.52. The molecule has 0 aromatic heterocycles. The van der Waals surface area contributed by atoms with Gasteiger partial charge in [0.2, 0.25) is 5.91 Å². The van der Waals surface area contributed by atoms with Gasteiger partial charge in [-0.25, -0.2) is 0 Å². The van der Waals surface area contributed by atoms with Gasteiger partial charge in [0, 0.05) is 12.5 Å². The highest BCUT2D eigenvalue weighted by atomic mass is 16.3. The predicted molar refractivity (Wildman–Crippen MR) is 79.3 cm³/mol. The average molecular weight is 283 g/mol. The molecular formula is C17H17NO3. The highest BCUT2D eigenvalue weighted by molar-refractivity contribution is 5.86. The molecule has 0 unspecified atom stereocenters. The number of phenols is 2. The number of hydrogen-bond acceptors (Lipinski definition) is 3. The molecule has 21 heavy (non-hydrogen) atoms.